The molecule has 1 saturated heterocycles. The molecule has 1 spiro atoms. The molecule has 0 aromatic carbocycles. The van der Waals surface area contributed by atoms with Gasteiger partial charge in [0.1, 0.15) is 5.60 Å². The van der Waals surface area contributed by atoms with Crippen molar-refractivity contribution in [1.29, 1.82) is 0 Å². The zero-order valence-electron chi connectivity index (χ0n) is 10.8. The fraction of sp³-hybridized carbons (Fsp3) is 0.833. The van der Waals surface area contributed by atoms with E-state index in [4.69, 9.17) is 9.84 Å². The number of aliphatic carboxylic acids is 1. The number of carboxylic acid groups (broad SMARTS) is 1. The highest BCUT2D eigenvalue weighted by atomic mass is 19.1. The normalized spacial score (nSPS) is 29.4. The first kappa shape index (κ1) is 13.1. The first-order valence-corrected chi connectivity index (χ1v) is 6.00. The molecule has 2 fully saturated rings. The Bertz CT molecular complexity index is 399. The second-order valence-electron chi connectivity index (χ2n) is 6.22. The van der Waals surface area contributed by atoms with Gasteiger partial charge in [-0.15, -0.1) is 0 Å². The van der Waals surface area contributed by atoms with Crippen LogP contribution in [-0.2, 0) is 9.53 Å². The van der Waals surface area contributed by atoms with Gasteiger partial charge in [-0.25, -0.2) is 14.0 Å². The SMILES string of the molecule is CC(C)(C)OC(=O)N1CC2(CC2)C(F)(C(=O)O)C1. The average Bonchev–Trinajstić information content (AvgIpc) is 2.87. The molecular weight excluding hydrogens is 241 g/mol. The number of carbonyl (C=O) groups is 2. The zero-order chi connectivity index (χ0) is 13.8. The van der Waals surface area contributed by atoms with E-state index in [2.05, 4.69) is 0 Å². The Balaban J connectivity index is 2.12. The maximum atomic E-state index is 14.5. The van der Waals surface area contributed by atoms with Crippen molar-refractivity contribution in [2.45, 2.75) is 44.9 Å². The Hall–Kier alpha value is -1.33. The molecule has 102 valence electrons. The number of rotatable bonds is 1. The smallest absolute Gasteiger partial charge is 0.410 e. The van der Waals surface area contributed by atoms with Crippen LogP contribution in [0.3, 0.4) is 0 Å². The monoisotopic (exact) mass is 259 g/mol. The molecule has 0 radical (unpaired) electrons. The highest BCUT2D eigenvalue weighted by Crippen LogP contribution is 2.60. The lowest BCUT2D eigenvalue weighted by atomic mass is 9.90. The van der Waals surface area contributed by atoms with E-state index in [0.717, 1.165) is 0 Å². The van der Waals surface area contributed by atoms with Crippen LogP contribution in [0.4, 0.5) is 9.18 Å². The minimum absolute atomic E-state index is 0.130. The molecule has 5 nitrogen and oxygen atoms in total. The highest BCUT2D eigenvalue weighted by molar-refractivity contribution is 5.82. The molecule has 1 N–H and O–H groups in total. The highest BCUT2D eigenvalue weighted by Gasteiger charge is 2.70. The summed E-state index contributed by atoms with van der Waals surface area (Å²) in [6, 6.07) is 0. The van der Waals surface area contributed by atoms with Crippen molar-refractivity contribution >= 4 is 12.1 Å². The summed E-state index contributed by atoms with van der Waals surface area (Å²) in [5.74, 6) is -1.48. The molecule has 1 unspecified atom stereocenters. The van der Waals surface area contributed by atoms with Gasteiger partial charge in [0, 0.05) is 12.0 Å². The molecule has 1 aliphatic heterocycles. The summed E-state index contributed by atoms with van der Waals surface area (Å²) in [7, 11) is 0. The Morgan fingerprint density at radius 2 is 1.83 bits per heavy atom. The Morgan fingerprint density at radius 3 is 2.17 bits per heavy atom. The number of amides is 1. The van der Waals surface area contributed by atoms with Crippen LogP contribution in [0.2, 0.25) is 0 Å². The molecule has 18 heavy (non-hydrogen) atoms. The molecule has 0 bridgehead atoms. The van der Waals surface area contributed by atoms with Gasteiger partial charge in [-0.2, -0.15) is 0 Å². The zero-order valence-corrected chi connectivity index (χ0v) is 10.8. The molecule has 0 aromatic heterocycles. The predicted octanol–water partition coefficient (Wildman–Crippen LogP) is 1.81. The summed E-state index contributed by atoms with van der Waals surface area (Å²) in [6.45, 7) is 4.86. The molecule has 2 aliphatic rings. The molecule has 1 saturated carbocycles. The lowest BCUT2D eigenvalue weighted by Gasteiger charge is -2.24. The van der Waals surface area contributed by atoms with Crippen LogP contribution in [0.15, 0.2) is 0 Å². The van der Waals surface area contributed by atoms with E-state index >= 15 is 0 Å². The lowest BCUT2D eigenvalue weighted by molar-refractivity contribution is -0.153. The van der Waals surface area contributed by atoms with Gasteiger partial charge in [0.05, 0.1) is 6.54 Å². The van der Waals surface area contributed by atoms with Crippen molar-refractivity contribution in [3.8, 4) is 0 Å². The Kier molecular flexibility index (Phi) is 2.61. The van der Waals surface area contributed by atoms with Gasteiger partial charge >= 0.3 is 12.1 Å². The largest absolute Gasteiger partial charge is 0.479 e. The maximum Gasteiger partial charge on any atom is 0.410 e. The quantitative estimate of drug-likeness (QED) is 0.780. The molecule has 1 heterocycles. The number of ether oxygens (including phenoxy) is 1. The van der Waals surface area contributed by atoms with Crippen LogP contribution >= 0.6 is 0 Å². The van der Waals surface area contributed by atoms with Crippen molar-refractivity contribution in [3.63, 3.8) is 0 Å². The Labute approximate surface area is 105 Å². The molecule has 2 rings (SSSR count). The minimum Gasteiger partial charge on any atom is -0.479 e. The van der Waals surface area contributed by atoms with Crippen molar-refractivity contribution < 1.29 is 23.8 Å². The fourth-order valence-corrected chi connectivity index (χ4v) is 2.43. The number of carbonyl (C=O) groups excluding carboxylic acids is 1. The maximum absolute atomic E-state index is 14.5. The molecule has 1 amide bonds. The molecule has 6 heteroatoms. The Morgan fingerprint density at radius 1 is 1.28 bits per heavy atom. The van der Waals surface area contributed by atoms with E-state index in [9.17, 15) is 14.0 Å². The standard InChI is InChI=1S/C12H18FNO4/c1-10(2,3)18-9(17)14-6-11(4-5-11)12(13,7-14)8(15)16/h4-7H2,1-3H3,(H,15,16). The number of hydrogen-bond donors (Lipinski definition) is 1. The fourth-order valence-electron chi connectivity index (χ4n) is 2.43. The summed E-state index contributed by atoms with van der Waals surface area (Å²) in [5, 5.41) is 9.03. The van der Waals surface area contributed by atoms with Gasteiger partial charge in [-0.3, -0.25) is 0 Å². The summed E-state index contributed by atoms with van der Waals surface area (Å²) >= 11 is 0. The summed E-state index contributed by atoms with van der Waals surface area (Å²) in [4.78, 5) is 24.1. The molecular formula is C12H18FNO4. The number of carboxylic acids is 1. The third kappa shape index (κ3) is 1.93. The van der Waals surface area contributed by atoms with Crippen LogP contribution < -0.4 is 0 Å². The second-order valence-corrected chi connectivity index (χ2v) is 6.22. The van der Waals surface area contributed by atoms with Gasteiger partial charge in [0.2, 0.25) is 5.67 Å². The van der Waals surface area contributed by atoms with Crippen LogP contribution in [0.5, 0.6) is 0 Å². The van der Waals surface area contributed by atoms with Crippen LogP contribution in [0, 0.1) is 5.41 Å². The van der Waals surface area contributed by atoms with Crippen molar-refractivity contribution in [2.24, 2.45) is 5.41 Å². The van der Waals surface area contributed by atoms with Crippen LogP contribution in [-0.4, -0.2) is 46.4 Å². The van der Waals surface area contributed by atoms with Gasteiger partial charge in [-0.1, -0.05) is 0 Å². The van der Waals surface area contributed by atoms with E-state index < -0.39 is 35.3 Å². The summed E-state index contributed by atoms with van der Waals surface area (Å²) in [5.41, 5.74) is -3.89. The molecule has 1 aliphatic carbocycles. The van der Waals surface area contributed by atoms with Gasteiger partial charge in [0.25, 0.3) is 0 Å². The number of halogens is 1. The van der Waals surface area contributed by atoms with E-state index in [1.165, 1.54) is 4.90 Å². The van der Waals surface area contributed by atoms with Crippen molar-refractivity contribution in [2.75, 3.05) is 13.1 Å². The lowest BCUT2D eigenvalue weighted by Crippen LogP contribution is -2.44. The van der Waals surface area contributed by atoms with Gasteiger partial charge in [0.15, 0.2) is 0 Å². The van der Waals surface area contributed by atoms with Crippen LogP contribution in [0.25, 0.3) is 0 Å². The van der Waals surface area contributed by atoms with E-state index in [0.29, 0.717) is 12.8 Å². The van der Waals surface area contributed by atoms with Crippen LogP contribution in [0.1, 0.15) is 33.6 Å². The van der Waals surface area contributed by atoms with E-state index in [1.54, 1.807) is 20.8 Å². The first-order chi connectivity index (χ1) is 8.10. The topological polar surface area (TPSA) is 66.8 Å². The molecule has 1 atom stereocenters. The number of hydrogen-bond acceptors (Lipinski definition) is 3. The number of alkyl halides is 1. The third-order valence-corrected chi connectivity index (χ3v) is 3.59. The number of nitrogens with zero attached hydrogens (tertiary/aromatic N) is 1. The minimum atomic E-state index is -2.33. The molecule has 0 aromatic rings. The van der Waals surface area contributed by atoms with E-state index in [1.807, 2.05) is 0 Å². The summed E-state index contributed by atoms with van der Waals surface area (Å²) in [6.07, 6.45) is 0.374. The van der Waals surface area contributed by atoms with Crippen molar-refractivity contribution in [3.05, 3.63) is 0 Å². The first-order valence-electron chi connectivity index (χ1n) is 6.00. The van der Waals surface area contributed by atoms with Gasteiger partial charge < -0.3 is 14.7 Å². The number of likely N-dealkylation sites (tertiary alicyclic amines) is 1. The second kappa shape index (κ2) is 3.59. The van der Waals surface area contributed by atoms with E-state index in [-0.39, 0.29) is 6.54 Å². The predicted molar refractivity (Wildman–Crippen MR) is 60.9 cm³/mol. The van der Waals surface area contributed by atoms with Gasteiger partial charge in [-0.05, 0) is 33.6 Å². The van der Waals surface area contributed by atoms with Crippen molar-refractivity contribution in [1.82, 2.24) is 4.90 Å². The summed E-state index contributed by atoms with van der Waals surface area (Å²) < 4.78 is 19.6. The third-order valence-electron chi connectivity index (χ3n) is 3.59. The average molecular weight is 259 g/mol.